The quantitative estimate of drug-likeness (QED) is 0.552. The van der Waals surface area contributed by atoms with Crippen molar-refractivity contribution in [1.29, 1.82) is 0 Å². The summed E-state index contributed by atoms with van der Waals surface area (Å²) >= 11 is 0. The normalized spacial score (nSPS) is 16.5. The number of hydrogen-bond donors (Lipinski definition) is 2. The maximum Gasteiger partial charge on any atom is 0.412 e. The van der Waals surface area contributed by atoms with E-state index < -0.39 is 6.09 Å². The Morgan fingerprint density at radius 1 is 1.91 bits per heavy atom. The van der Waals surface area contributed by atoms with Crippen LogP contribution >= 0.6 is 0 Å². The van der Waals surface area contributed by atoms with E-state index in [0.29, 0.717) is 6.54 Å². The summed E-state index contributed by atoms with van der Waals surface area (Å²) in [6, 6.07) is 0. The summed E-state index contributed by atoms with van der Waals surface area (Å²) in [5.74, 6) is 0. The molecule has 0 aromatic carbocycles. The minimum Gasteiger partial charge on any atom is -0.465 e. The van der Waals surface area contributed by atoms with E-state index in [9.17, 15) is 4.79 Å². The molecule has 11 heavy (non-hydrogen) atoms. The minimum atomic E-state index is -0.999. The van der Waals surface area contributed by atoms with E-state index in [0.717, 1.165) is 10.6 Å². The van der Waals surface area contributed by atoms with Crippen molar-refractivity contribution in [2.24, 2.45) is 10.7 Å². The Morgan fingerprint density at radius 2 is 2.64 bits per heavy atom. The van der Waals surface area contributed by atoms with Gasteiger partial charge in [0.1, 0.15) is 6.67 Å². The second-order valence-electron chi connectivity index (χ2n) is 2.06. The molecule has 1 aliphatic rings. The van der Waals surface area contributed by atoms with Crippen molar-refractivity contribution in [2.75, 3.05) is 13.2 Å². The SMILES string of the molecule is NCC1=NCN(C(=O)O)C=C1. The first kappa shape index (κ1) is 7.74. The fraction of sp³-hybridized carbons (Fsp3) is 0.333. The van der Waals surface area contributed by atoms with Gasteiger partial charge in [-0.3, -0.25) is 9.89 Å². The van der Waals surface area contributed by atoms with E-state index in [-0.39, 0.29) is 6.67 Å². The summed E-state index contributed by atoms with van der Waals surface area (Å²) in [5, 5.41) is 8.47. The minimum absolute atomic E-state index is 0.151. The molecule has 5 heteroatoms. The summed E-state index contributed by atoms with van der Waals surface area (Å²) in [7, 11) is 0. The Balaban J connectivity index is 2.57. The highest BCUT2D eigenvalue weighted by Gasteiger charge is 2.10. The van der Waals surface area contributed by atoms with Crippen LogP contribution in [0.25, 0.3) is 0 Å². The molecule has 0 saturated heterocycles. The predicted molar refractivity (Wildman–Crippen MR) is 40.4 cm³/mol. The third kappa shape index (κ3) is 1.78. The summed E-state index contributed by atoms with van der Waals surface area (Å²) in [6.45, 7) is 0.502. The van der Waals surface area contributed by atoms with Crippen LogP contribution in [-0.4, -0.2) is 35.0 Å². The Kier molecular flexibility index (Phi) is 2.22. The molecule has 0 spiro atoms. The maximum absolute atomic E-state index is 10.3. The van der Waals surface area contributed by atoms with Gasteiger partial charge in [0, 0.05) is 12.7 Å². The Morgan fingerprint density at radius 3 is 3.00 bits per heavy atom. The number of amides is 1. The van der Waals surface area contributed by atoms with Gasteiger partial charge in [0.05, 0.1) is 5.71 Å². The Labute approximate surface area is 63.8 Å². The van der Waals surface area contributed by atoms with Gasteiger partial charge < -0.3 is 10.8 Å². The zero-order valence-corrected chi connectivity index (χ0v) is 5.90. The van der Waals surface area contributed by atoms with Crippen LogP contribution in [0.1, 0.15) is 0 Å². The molecular weight excluding hydrogens is 146 g/mol. The van der Waals surface area contributed by atoms with E-state index >= 15 is 0 Å². The molecular formula is C6H9N3O2. The number of hydrogen-bond acceptors (Lipinski definition) is 3. The highest BCUT2D eigenvalue weighted by Crippen LogP contribution is 1.98. The molecule has 0 unspecified atom stereocenters. The fourth-order valence-electron chi connectivity index (χ4n) is 0.700. The average molecular weight is 155 g/mol. The van der Waals surface area contributed by atoms with Crippen molar-refractivity contribution in [1.82, 2.24) is 4.90 Å². The van der Waals surface area contributed by atoms with Crippen LogP contribution in [-0.2, 0) is 0 Å². The summed E-state index contributed by atoms with van der Waals surface area (Å²) < 4.78 is 0. The molecule has 0 saturated carbocycles. The lowest BCUT2D eigenvalue weighted by Crippen LogP contribution is -2.28. The first-order chi connectivity index (χ1) is 5.24. The van der Waals surface area contributed by atoms with Gasteiger partial charge in [-0.15, -0.1) is 0 Å². The fourth-order valence-corrected chi connectivity index (χ4v) is 0.700. The van der Waals surface area contributed by atoms with E-state index in [4.69, 9.17) is 10.8 Å². The molecule has 1 aliphatic heterocycles. The van der Waals surface area contributed by atoms with Crippen molar-refractivity contribution < 1.29 is 9.90 Å². The molecule has 3 N–H and O–H groups in total. The highest BCUT2D eigenvalue weighted by molar-refractivity contribution is 5.97. The molecule has 0 aliphatic carbocycles. The summed E-state index contributed by atoms with van der Waals surface area (Å²) in [6.07, 6.45) is 2.05. The second kappa shape index (κ2) is 3.16. The molecule has 5 nitrogen and oxygen atoms in total. The third-order valence-electron chi connectivity index (χ3n) is 1.33. The van der Waals surface area contributed by atoms with Crippen LogP contribution in [0.2, 0.25) is 0 Å². The maximum atomic E-state index is 10.3. The van der Waals surface area contributed by atoms with Gasteiger partial charge in [0.2, 0.25) is 0 Å². The van der Waals surface area contributed by atoms with Crippen LogP contribution in [0.4, 0.5) is 4.79 Å². The van der Waals surface area contributed by atoms with Crippen molar-refractivity contribution in [2.45, 2.75) is 0 Å². The van der Waals surface area contributed by atoms with E-state index in [1.807, 2.05) is 0 Å². The van der Waals surface area contributed by atoms with E-state index in [1.54, 1.807) is 6.08 Å². The first-order valence-corrected chi connectivity index (χ1v) is 3.15. The van der Waals surface area contributed by atoms with Crippen LogP contribution in [0.3, 0.4) is 0 Å². The second-order valence-corrected chi connectivity index (χ2v) is 2.06. The van der Waals surface area contributed by atoms with Crippen LogP contribution < -0.4 is 5.73 Å². The number of aliphatic imine (C=N–C) groups is 1. The molecule has 0 atom stereocenters. The van der Waals surface area contributed by atoms with Crippen molar-refractivity contribution in [3.05, 3.63) is 12.3 Å². The molecule has 0 aromatic heterocycles. The first-order valence-electron chi connectivity index (χ1n) is 3.15. The van der Waals surface area contributed by atoms with Crippen molar-refractivity contribution >= 4 is 11.8 Å². The van der Waals surface area contributed by atoms with Crippen LogP contribution in [0.15, 0.2) is 17.3 Å². The van der Waals surface area contributed by atoms with Gasteiger partial charge in [-0.25, -0.2) is 4.79 Å². The molecule has 0 fully saturated rings. The number of carbonyl (C=O) groups is 1. The van der Waals surface area contributed by atoms with Gasteiger partial charge >= 0.3 is 6.09 Å². The number of rotatable bonds is 1. The van der Waals surface area contributed by atoms with Gasteiger partial charge in [-0.05, 0) is 6.08 Å². The number of nitrogens with zero attached hydrogens (tertiary/aromatic N) is 2. The van der Waals surface area contributed by atoms with E-state index in [2.05, 4.69) is 4.99 Å². The van der Waals surface area contributed by atoms with Crippen molar-refractivity contribution in [3.8, 4) is 0 Å². The smallest absolute Gasteiger partial charge is 0.412 e. The standard InChI is InChI=1S/C6H9N3O2/c7-3-5-1-2-9(4-8-5)6(10)11/h1-2H,3-4,7H2,(H,10,11). The van der Waals surface area contributed by atoms with Crippen LogP contribution in [0.5, 0.6) is 0 Å². The Bertz CT molecular complexity index is 222. The van der Waals surface area contributed by atoms with Crippen molar-refractivity contribution in [3.63, 3.8) is 0 Å². The third-order valence-corrected chi connectivity index (χ3v) is 1.33. The van der Waals surface area contributed by atoms with Gasteiger partial charge in [0.25, 0.3) is 0 Å². The molecule has 1 rings (SSSR count). The lowest BCUT2D eigenvalue weighted by molar-refractivity contribution is 0.163. The zero-order valence-electron chi connectivity index (χ0n) is 5.90. The average Bonchev–Trinajstić information content (AvgIpc) is 2.05. The highest BCUT2D eigenvalue weighted by atomic mass is 16.4. The monoisotopic (exact) mass is 155 g/mol. The largest absolute Gasteiger partial charge is 0.465 e. The lowest BCUT2D eigenvalue weighted by Gasteiger charge is -2.15. The Hall–Kier alpha value is -1.36. The molecule has 0 bridgehead atoms. The lowest BCUT2D eigenvalue weighted by atomic mass is 10.3. The number of carboxylic acid groups (broad SMARTS) is 1. The van der Waals surface area contributed by atoms with Gasteiger partial charge in [-0.1, -0.05) is 0 Å². The summed E-state index contributed by atoms with van der Waals surface area (Å²) in [4.78, 5) is 15.3. The molecule has 0 aromatic rings. The van der Waals surface area contributed by atoms with Crippen LogP contribution in [0, 0.1) is 0 Å². The summed E-state index contributed by atoms with van der Waals surface area (Å²) in [5.41, 5.74) is 6.00. The molecule has 60 valence electrons. The molecule has 1 heterocycles. The topological polar surface area (TPSA) is 78.9 Å². The zero-order chi connectivity index (χ0) is 8.27. The van der Waals surface area contributed by atoms with Gasteiger partial charge in [-0.2, -0.15) is 0 Å². The molecule has 0 radical (unpaired) electrons. The van der Waals surface area contributed by atoms with E-state index in [1.165, 1.54) is 6.20 Å². The number of nitrogens with two attached hydrogens (primary N) is 1. The predicted octanol–water partition coefficient (Wildman–Crippen LogP) is -0.149. The molecule has 1 amide bonds. The van der Waals surface area contributed by atoms with Gasteiger partial charge in [0.15, 0.2) is 0 Å².